The maximum absolute atomic E-state index is 6.24. The molecule has 20 heavy (non-hydrogen) atoms. The van der Waals surface area contributed by atoms with Gasteiger partial charge in [-0.2, -0.15) is 0 Å². The first kappa shape index (κ1) is 14.6. The van der Waals surface area contributed by atoms with Crippen molar-refractivity contribution in [2.24, 2.45) is 0 Å². The Morgan fingerprint density at radius 3 is 2.85 bits per heavy atom. The van der Waals surface area contributed by atoms with Crippen LogP contribution in [-0.2, 0) is 0 Å². The van der Waals surface area contributed by atoms with E-state index in [1.807, 2.05) is 24.3 Å². The summed E-state index contributed by atoms with van der Waals surface area (Å²) >= 11 is 0. The normalized spacial score (nSPS) is 12.5. The third kappa shape index (κ3) is 3.62. The third-order valence-electron chi connectivity index (χ3n) is 3.72. The van der Waals surface area contributed by atoms with E-state index in [0.717, 1.165) is 22.3 Å². The highest BCUT2D eigenvalue weighted by molar-refractivity contribution is 5.96. The molecule has 1 aromatic carbocycles. The van der Waals surface area contributed by atoms with Gasteiger partial charge in [-0.3, -0.25) is 4.98 Å². The topological polar surface area (TPSA) is 50.9 Å². The molecule has 0 radical (unpaired) electrons. The van der Waals surface area contributed by atoms with Crippen molar-refractivity contribution in [1.82, 2.24) is 4.98 Å². The average Bonchev–Trinajstić information content (AvgIpc) is 2.47. The number of benzene rings is 1. The zero-order valence-electron chi connectivity index (χ0n) is 12.5. The predicted octanol–water partition coefficient (Wildman–Crippen LogP) is 4.59. The van der Waals surface area contributed by atoms with Crippen LogP contribution in [-0.4, -0.2) is 11.0 Å². The summed E-state index contributed by atoms with van der Waals surface area (Å²) < 4.78 is 0. The molecule has 1 heterocycles. The van der Waals surface area contributed by atoms with Gasteiger partial charge in [-0.05, 0) is 37.6 Å². The number of rotatable bonds is 7. The molecule has 3 nitrogen and oxygen atoms in total. The van der Waals surface area contributed by atoms with Gasteiger partial charge in [0, 0.05) is 17.6 Å². The Balaban J connectivity index is 2.00. The van der Waals surface area contributed by atoms with Crippen molar-refractivity contribution in [2.75, 3.05) is 11.1 Å². The van der Waals surface area contributed by atoms with Crippen molar-refractivity contribution in [1.29, 1.82) is 0 Å². The number of anilines is 2. The molecule has 0 aliphatic heterocycles. The lowest BCUT2D eigenvalue weighted by Gasteiger charge is -2.17. The van der Waals surface area contributed by atoms with Crippen LogP contribution >= 0.6 is 0 Å². The molecule has 108 valence electrons. The van der Waals surface area contributed by atoms with E-state index >= 15 is 0 Å². The van der Waals surface area contributed by atoms with Crippen LogP contribution in [0.1, 0.15) is 46.0 Å². The van der Waals surface area contributed by atoms with Crippen LogP contribution in [0.2, 0.25) is 0 Å². The fourth-order valence-corrected chi connectivity index (χ4v) is 2.52. The van der Waals surface area contributed by atoms with Gasteiger partial charge in [-0.1, -0.05) is 32.6 Å². The Morgan fingerprint density at radius 2 is 2.05 bits per heavy atom. The minimum atomic E-state index is 0.447. The van der Waals surface area contributed by atoms with Gasteiger partial charge >= 0.3 is 0 Å². The zero-order chi connectivity index (χ0) is 14.4. The molecule has 0 spiro atoms. The Bertz CT molecular complexity index is 551. The van der Waals surface area contributed by atoms with Crippen molar-refractivity contribution in [3.8, 4) is 0 Å². The van der Waals surface area contributed by atoms with Gasteiger partial charge in [0.15, 0.2) is 0 Å². The number of nitrogens with two attached hydrogens (primary N) is 1. The van der Waals surface area contributed by atoms with Gasteiger partial charge in [0.25, 0.3) is 0 Å². The molecule has 1 unspecified atom stereocenters. The molecule has 0 fully saturated rings. The Kier molecular flexibility index (Phi) is 5.22. The number of pyridine rings is 1. The molecule has 1 aromatic heterocycles. The quantitative estimate of drug-likeness (QED) is 0.572. The van der Waals surface area contributed by atoms with Gasteiger partial charge in [0.1, 0.15) is 0 Å². The van der Waals surface area contributed by atoms with E-state index in [9.17, 15) is 0 Å². The molecule has 0 bridgehead atoms. The SMILES string of the molecule is CCCCCCC(C)Nc1ccc2ncccc2c1N. The molecule has 2 aromatic rings. The lowest BCUT2D eigenvalue weighted by Crippen LogP contribution is -2.16. The first-order chi connectivity index (χ1) is 9.72. The van der Waals surface area contributed by atoms with Crippen LogP contribution in [0.5, 0.6) is 0 Å². The number of nitrogens with zero attached hydrogens (tertiary/aromatic N) is 1. The second-order valence-electron chi connectivity index (χ2n) is 5.49. The van der Waals surface area contributed by atoms with Crippen LogP contribution in [0.3, 0.4) is 0 Å². The fourth-order valence-electron chi connectivity index (χ4n) is 2.52. The fraction of sp³-hybridized carbons (Fsp3) is 0.471. The number of aromatic nitrogens is 1. The average molecular weight is 271 g/mol. The van der Waals surface area contributed by atoms with Gasteiger partial charge in [0.05, 0.1) is 16.9 Å². The summed E-state index contributed by atoms with van der Waals surface area (Å²) in [7, 11) is 0. The molecule has 3 heteroatoms. The Morgan fingerprint density at radius 1 is 1.20 bits per heavy atom. The van der Waals surface area contributed by atoms with Crippen LogP contribution < -0.4 is 11.1 Å². The van der Waals surface area contributed by atoms with E-state index in [4.69, 9.17) is 5.73 Å². The van der Waals surface area contributed by atoms with Crippen molar-refractivity contribution in [3.05, 3.63) is 30.5 Å². The van der Waals surface area contributed by atoms with E-state index in [1.54, 1.807) is 6.20 Å². The molecular weight excluding hydrogens is 246 g/mol. The van der Waals surface area contributed by atoms with Gasteiger partial charge in [-0.25, -0.2) is 0 Å². The number of unbranched alkanes of at least 4 members (excludes halogenated alkanes) is 3. The van der Waals surface area contributed by atoms with E-state index < -0.39 is 0 Å². The monoisotopic (exact) mass is 271 g/mol. The number of nitrogen functional groups attached to an aromatic ring is 1. The Labute approximate surface area is 121 Å². The number of hydrogen-bond donors (Lipinski definition) is 2. The minimum absolute atomic E-state index is 0.447. The first-order valence-electron chi connectivity index (χ1n) is 7.62. The molecular formula is C17H25N3. The summed E-state index contributed by atoms with van der Waals surface area (Å²) in [6, 6.07) is 8.46. The highest BCUT2D eigenvalue weighted by atomic mass is 14.9. The smallest absolute Gasteiger partial charge is 0.0724 e. The van der Waals surface area contributed by atoms with Gasteiger partial charge in [0.2, 0.25) is 0 Å². The third-order valence-corrected chi connectivity index (χ3v) is 3.72. The summed E-state index contributed by atoms with van der Waals surface area (Å²) in [4.78, 5) is 4.32. The summed E-state index contributed by atoms with van der Waals surface area (Å²) in [6.07, 6.45) is 8.19. The molecule has 0 amide bonds. The van der Waals surface area contributed by atoms with Crippen LogP contribution in [0.15, 0.2) is 30.5 Å². The predicted molar refractivity (Wildman–Crippen MR) is 88.0 cm³/mol. The van der Waals surface area contributed by atoms with Crippen molar-refractivity contribution in [3.63, 3.8) is 0 Å². The highest BCUT2D eigenvalue weighted by Crippen LogP contribution is 2.28. The van der Waals surface area contributed by atoms with Crippen molar-refractivity contribution < 1.29 is 0 Å². The second-order valence-corrected chi connectivity index (χ2v) is 5.49. The van der Waals surface area contributed by atoms with Crippen molar-refractivity contribution in [2.45, 2.75) is 52.0 Å². The molecule has 0 aliphatic rings. The van der Waals surface area contributed by atoms with Crippen LogP contribution in [0.25, 0.3) is 10.9 Å². The van der Waals surface area contributed by atoms with E-state index in [1.165, 1.54) is 32.1 Å². The summed E-state index contributed by atoms with van der Waals surface area (Å²) in [5.74, 6) is 0. The second kappa shape index (κ2) is 7.13. The maximum Gasteiger partial charge on any atom is 0.0724 e. The van der Waals surface area contributed by atoms with Crippen LogP contribution in [0.4, 0.5) is 11.4 Å². The summed E-state index contributed by atoms with van der Waals surface area (Å²) in [5, 5.41) is 4.55. The Hall–Kier alpha value is -1.77. The first-order valence-corrected chi connectivity index (χ1v) is 7.62. The lowest BCUT2D eigenvalue weighted by atomic mass is 10.1. The van der Waals surface area contributed by atoms with Crippen molar-refractivity contribution >= 4 is 22.3 Å². The highest BCUT2D eigenvalue weighted by Gasteiger charge is 2.07. The van der Waals surface area contributed by atoms with E-state index in [-0.39, 0.29) is 0 Å². The van der Waals surface area contributed by atoms with Crippen LogP contribution in [0, 0.1) is 0 Å². The van der Waals surface area contributed by atoms with Gasteiger partial charge < -0.3 is 11.1 Å². The molecule has 1 atom stereocenters. The summed E-state index contributed by atoms with van der Waals surface area (Å²) in [5.41, 5.74) is 9.01. The van der Waals surface area contributed by atoms with E-state index in [0.29, 0.717) is 6.04 Å². The van der Waals surface area contributed by atoms with Gasteiger partial charge in [-0.15, -0.1) is 0 Å². The zero-order valence-corrected chi connectivity index (χ0v) is 12.5. The largest absolute Gasteiger partial charge is 0.397 e. The maximum atomic E-state index is 6.24. The molecule has 2 rings (SSSR count). The molecule has 0 saturated carbocycles. The number of nitrogens with one attached hydrogen (secondary N) is 1. The van der Waals surface area contributed by atoms with E-state index in [2.05, 4.69) is 24.1 Å². The number of hydrogen-bond acceptors (Lipinski definition) is 3. The minimum Gasteiger partial charge on any atom is -0.397 e. The molecule has 0 saturated heterocycles. The number of fused-ring (bicyclic) bond motifs is 1. The standard InChI is InChI=1S/C17H25N3/c1-3-4-5-6-8-13(2)20-16-11-10-15-14(17(16)18)9-7-12-19-15/h7,9-13,20H,3-6,8,18H2,1-2H3. The molecule has 0 aliphatic carbocycles. The lowest BCUT2D eigenvalue weighted by molar-refractivity contribution is 0.594. The molecule has 3 N–H and O–H groups in total. The summed E-state index contributed by atoms with van der Waals surface area (Å²) in [6.45, 7) is 4.46.